The molecule has 2 aliphatic rings. The Morgan fingerprint density at radius 1 is 1.06 bits per heavy atom. The molecule has 2 fully saturated rings. The van der Waals surface area contributed by atoms with Crippen molar-refractivity contribution in [2.24, 2.45) is 23.7 Å². The Labute approximate surface area is 106 Å². The van der Waals surface area contributed by atoms with Crippen LogP contribution in [0.2, 0.25) is 0 Å². The van der Waals surface area contributed by atoms with E-state index in [0.717, 1.165) is 30.6 Å². The molecule has 4 atom stereocenters. The standard InChI is InChI=1S/C16H28O/c1-3-12-9-10-16(17)15(11-12)14-8-6-5-7-13(14)4-2/h12-15H,3-11H2,1-2H3. The van der Waals surface area contributed by atoms with E-state index in [1.165, 1.54) is 44.9 Å². The Kier molecular flexibility index (Phi) is 4.64. The molecule has 4 unspecified atom stereocenters. The molecule has 0 aromatic rings. The third-order valence-corrected chi connectivity index (χ3v) is 5.39. The molecule has 17 heavy (non-hydrogen) atoms. The van der Waals surface area contributed by atoms with Crippen LogP contribution in [0.15, 0.2) is 0 Å². The van der Waals surface area contributed by atoms with Crippen molar-refractivity contribution in [1.29, 1.82) is 0 Å². The van der Waals surface area contributed by atoms with Crippen LogP contribution in [0.5, 0.6) is 0 Å². The van der Waals surface area contributed by atoms with Crippen LogP contribution in [0.4, 0.5) is 0 Å². The maximum Gasteiger partial charge on any atom is 0.136 e. The van der Waals surface area contributed by atoms with Crippen LogP contribution < -0.4 is 0 Å². The highest BCUT2D eigenvalue weighted by atomic mass is 16.1. The van der Waals surface area contributed by atoms with Crippen LogP contribution in [0.1, 0.15) is 71.6 Å². The number of hydrogen-bond acceptors (Lipinski definition) is 1. The molecular weight excluding hydrogens is 208 g/mol. The van der Waals surface area contributed by atoms with Gasteiger partial charge in [0.15, 0.2) is 0 Å². The molecule has 0 spiro atoms. The Morgan fingerprint density at radius 3 is 2.53 bits per heavy atom. The molecule has 0 heterocycles. The van der Waals surface area contributed by atoms with E-state index >= 15 is 0 Å². The van der Waals surface area contributed by atoms with Crippen molar-refractivity contribution in [1.82, 2.24) is 0 Å². The van der Waals surface area contributed by atoms with Crippen LogP contribution >= 0.6 is 0 Å². The summed E-state index contributed by atoms with van der Waals surface area (Å²) in [7, 11) is 0. The van der Waals surface area contributed by atoms with Crippen molar-refractivity contribution in [2.45, 2.75) is 71.6 Å². The van der Waals surface area contributed by atoms with Crippen molar-refractivity contribution in [2.75, 3.05) is 0 Å². The summed E-state index contributed by atoms with van der Waals surface area (Å²) >= 11 is 0. The maximum absolute atomic E-state index is 12.2. The lowest BCUT2D eigenvalue weighted by Gasteiger charge is -2.39. The topological polar surface area (TPSA) is 17.1 Å². The van der Waals surface area contributed by atoms with Crippen LogP contribution in [-0.4, -0.2) is 5.78 Å². The minimum absolute atomic E-state index is 0.430. The molecule has 0 N–H and O–H groups in total. The summed E-state index contributed by atoms with van der Waals surface area (Å²) in [5.74, 6) is 3.43. The van der Waals surface area contributed by atoms with E-state index in [4.69, 9.17) is 0 Å². The number of carbonyl (C=O) groups is 1. The van der Waals surface area contributed by atoms with Gasteiger partial charge in [0.05, 0.1) is 0 Å². The third kappa shape index (κ3) is 2.92. The summed E-state index contributed by atoms with van der Waals surface area (Å²) in [6, 6.07) is 0. The van der Waals surface area contributed by atoms with Crippen LogP contribution in [0, 0.1) is 23.7 Å². The highest BCUT2D eigenvalue weighted by Gasteiger charge is 2.37. The summed E-state index contributed by atoms with van der Waals surface area (Å²) < 4.78 is 0. The van der Waals surface area contributed by atoms with E-state index in [-0.39, 0.29) is 0 Å². The lowest BCUT2D eigenvalue weighted by atomic mass is 9.64. The van der Waals surface area contributed by atoms with E-state index < -0.39 is 0 Å². The van der Waals surface area contributed by atoms with Gasteiger partial charge < -0.3 is 0 Å². The maximum atomic E-state index is 12.2. The van der Waals surface area contributed by atoms with Gasteiger partial charge in [0.1, 0.15) is 5.78 Å². The minimum atomic E-state index is 0.430. The van der Waals surface area contributed by atoms with Gasteiger partial charge in [0, 0.05) is 12.3 Å². The summed E-state index contributed by atoms with van der Waals surface area (Å²) in [6.45, 7) is 4.60. The normalized spacial score (nSPS) is 39.3. The Hall–Kier alpha value is -0.330. The van der Waals surface area contributed by atoms with Gasteiger partial charge in [-0.15, -0.1) is 0 Å². The Morgan fingerprint density at radius 2 is 1.82 bits per heavy atom. The highest BCUT2D eigenvalue weighted by Crippen LogP contribution is 2.43. The number of ketones is 1. The van der Waals surface area contributed by atoms with Gasteiger partial charge in [-0.25, -0.2) is 0 Å². The lowest BCUT2D eigenvalue weighted by Crippen LogP contribution is -2.36. The summed E-state index contributed by atoms with van der Waals surface area (Å²) in [6.07, 6.45) is 11.3. The number of hydrogen-bond donors (Lipinski definition) is 0. The van der Waals surface area contributed by atoms with Crippen molar-refractivity contribution < 1.29 is 4.79 Å². The molecule has 0 bridgehead atoms. The lowest BCUT2D eigenvalue weighted by molar-refractivity contribution is -0.129. The predicted octanol–water partition coefficient (Wildman–Crippen LogP) is 4.60. The fourth-order valence-electron chi connectivity index (χ4n) is 4.20. The van der Waals surface area contributed by atoms with Gasteiger partial charge in [-0.05, 0) is 37.0 Å². The molecule has 0 saturated heterocycles. The first-order valence-corrected chi connectivity index (χ1v) is 7.78. The van der Waals surface area contributed by atoms with Crippen molar-refractivity contribution >= 4 is 5.78 Å². The van der Waals surface area contributed by atoms with E-state index in [9.17, 15) is 4.79 Å². The van der Waals surface area contributed by atoms with Gasteiger partial charge in [-0.3, -0.25) is 4.79 Å². The van der Waals surface area contributed by atoms with Gasteiger partial charge in [-0.1, -0.05) is 46.0 Å². The average Bonchev–Trinajstić information content (AvgIpc) is 2.39. The van der Waals surface area contributed by atoms with E-state index in [1.807, 2.05) is 0 Å². The van der Waals surface area contributed by atoms with E-state index in [2.05, 4.69) is 13.8 Å². The molecule has 98 valence electrons. The first-order chi connectivity index (χ1) is 8.26. The van der Waals surface area contributed by atoms with Crippen LogP contribution in [-0.2, 0) is 4.79 Å². The van der Waals surface area contributed by atoms with Gasteiger partial charge in [0.25, 0.3) is 0 Å². The third-order valence-electron chi connectivity index (χ3n) is 5.39. The molecule has 2 rings (SSSR count). The number of Topliss-reactive ketones (excluding diaryl/α,β-unsaturated/α-hetero) is 1. The molecule has 2 saturated carbocycles. The second-order valence-electron chi connectivity index (χ2n) is 6.24. The van der Waals surface area contributed by atoms with Crippen molar-refractivity contribution in [3.63, 3.8) is 0 Å². The summed E-state index contributed by atoms with van der Waals surface area (Å²) in [4.78, 5) is 12.2. The SMILES string of the molecule is CCC1CCC(=O)C(C2CCCCC2CC)C1. The number of rotatable bonds is 3. The molecule has 1 nitrogen and oxygen atoms in total. The van der Waals surface area contributed by atoms with E-state index in [0.29, 0.717) is 11.7 Å². The zero-order valence-electron chi connectivity index (χ0n) is 11.6. The highest BCUT2D eigenvalue weighted by molar-refractivity contribution is 5.82. The smallest absolute Gasteiger partial charge is 0.136 e. The zero-order valence-corrected chi connectivity index (χ0v) is 11.6. The predicted molar refractivity (Wildman–Crippen MR) is 71.9 cm³/mol. The fraction of sp³-hybridized carbons (Fsp3) is 0.938. The number of carbonyl (C=O) groups excluding carboxylic acids is 1. The monoisotopic (exact) mass is 236 g/mol. The second-order valence-corrected chi connectivity index (χ2v) is 6.24. The second kappa shape index (κ2) is 6.02. The molecule has 0 amide bonds. The van der Waals surface area contributed by atoms with Crippen LogP contribution in [0.3, 0.4) is 0 Å². The molecule has 0 aromatic carbocycles. The molecule has 2 aliphatic carbocycles. The Balaban J connectivity index is 2.04. The quantitative estimate of drug-likeness (QED) is 0.700. The minimum Gasteiger partial charge on any atom is -0.299 e. The average molecular weight is 236 g/mol. The fourth-order valence-corrected chi connectivity index (χ4v) is 4.20. The van der Waals surface area contributed by atoms with Crippen LogP contribution in [0.25, 0.3) is 0 Å². The van der Waals surface area contributed by atoms with Crippen molar-refractivity contribution in [3.8, 4) is 0 Å². The van der Waals surface area contributed by atoms with Gasteiger partial charge in [-0.2, -0.15) is 0 Å². The molecule has 0 aromatic heterocycles. The molecule has 0 radical (unpaired) electrons. The molecular formula is C16H28O. The van der Waals surface area contributed by atoms with E-state index in [1.54, 1.807) is 0 Å². The van der Waals surface area contributed by atoms with Gasteiger partial charge in [0.2, 0.25) is 0 Å². The van der Waals surface area contributed by atoms with Crippen molar-refractivity contribution in [3.05, 3.63) is 0 Å². The molecule has 0 aliphatic heterocycles. The first kappa shape index (κ1) is 13.1. The largest absolute Gasteiger partial charge is 0.299 e. The first-order valence-electron chi connectivity index (χ1n) is 7.78. The zero-order chi connectivity index (χ0) is 12.3. The Bertz CT molecular complexity index is 258. The summed E-state index contributed by atoms with van der Waals surface area (Å²) in [5.41, 5.74) is 0. The summed E-state index contributed by atoms with van der Waals surface area (Å²) in [5, 5.41) is 0. The van der Waals surface area contributed by atoms with Gasteiger partial charge >= 0.3 is 0 Å². The molecule has 1 heteroatoms.